The Balaban J connectivity index is 1.97. The first-order valence-corrected chi connectivity index (χ1v) is 9.20. The van der Waals surface area contributed by atoms with Gasteiger partial charge in [-0.1, -0.05) is 41.4 Å². The highest BCUT2D eigenvalue weighted by atomic mass is 35.5. The van der Waals surface area contributed by atoms with Gasteiger partial charge >= 0.3 is 6.18 Å². The number of hydrogen-bond donors (Lipinski definition) is 0. The summed E-state index contributed by atoms with van der Waals surface area (Å²) in [7, 11) is 0. The van der Waals surface area contributed by atoms with Crippen LogP contribution < -0.4 is 5.43 Å². The van der Waals surface area contributed by atoms with Gasteiger partial charge in [0.1, 0.15) is 0 Å². The summed E-state index contributed by atoms with van der Waals surface area (Å²) in [5.41, 5.74) is 1.41. The van der Waals surface area contributed by atoms with E-state index >= 15 is 0 Å². The first-order valence-electron chi connectivity index (χ1n) is 8.45. The number of benzene rings is 2. The zero-order chi connectivity index (χ0) is 20.5. The van der Waals surface area contributed by atoms with Gasteiger partial charge in [-0.3, -0.25) is 4.79 Å². The van der Waals surface area contributed by atoms with E-state index in [1.54, 1.807) is 42.0 Å². The van der Waals surface area contributed by atoms with Crippen molar-refractivity contribution in [2.75, 3.05) is 0 Å². The monoisotopic (exact) mass is 425 g/mol. The van der Waals surface area contributed by atoms with Crippen LogP contribution in [0.15, 0.2) is 59.5 Å². The number of pyridine rings is 1. The van der Waals surface area contributed by atoms with Crippen molar-refractivity contribution in [2.24, 2.45) is 0 Å². The van der Waals surface area contributed by atoms with Crippen molar-refractivity contribution < 1.29 is 13.2 Å². The summed E-state index contributed by atoms with van der Waals surface area (Å²) in [6, 6.07) is 11.7. The zero-order valence-electron chi connectivity index (χ0n) is 14.9. The molecule has 3 aromatic rings. The second kappa shape index (κ2) is 8.02. The Morgan fingerprint density at radius 1 is 0.964 bits per heavy atom. The van der Waals surface area contributed by atoms with Crippen molar-refractivity contribution in [2.45, 2.75) is 26.1 Å². The standard InChI is InChI=1S/C21H16Cl2F3NO/c1-13-16(11-17-18(22)6-3-7-19(17)23)20(28)8-9-27(13)12-14-4-2-5-15(10-14)21(24,25)26/h2-10H,11-12H2,1H3. The highest BCUT2D eigenvalue weighted by molar-refractivity contribution is 6.36. The Morgan fingerprint density at radius 2 is 1.61 bits per heavy atom. The van der Waals surface area contributed by atoms with Crippen LogP contribution in [-0.4, -0.2) is 4.57 Å². The van der Waals surface area contributed by atoms with Crippen LogP contribution in [0.4, 0.5) is 13.2 Å². The summed E-state index contributed by atoms with van der Waals surface area (Å²) in [6.07, 6.45) is -2.58. The second-order valence-electron chi connectivity index (χ2n) is 6.45. The number of halogens is 5. The number of aromatic nitrogens is 1. The summed E-state index contributed by atoms with van der Waals surface area (Å²) in [6.45, 7) is 1.97. The number of rotatable bonds is 4. The average molecular weight is 426 g/mol. The molecule has 0 saturated heterocycles. The smallest absolute Gasteiger partial charge is 0.347 e. The maximum atomic E-state index is 12.9. The van der Waals surface area contributed by atoms with Crippen LogP contribution in [0.2, 0.25) is 10.0 Å². The molecule has 2 aromatic carbocycles. The van der Waals surface area contributed by atoms with E-state index < -0.39 is 11.7 Å². The minimum absolute atomic E-state index is 0.172. The molecule has 0 fully saturated rings. The Kier molecular flexibility index (Phi) is 5.87. The van der Waals surface area contributed by atoms with Crippen molar-refractivity contribution >= 4 is 23.2 Å². The Morgan fingerprint density at radius 3 is 2.25 bits per heavy atom. The van der Waals surface area contributed by atoms with Crippen LogP contribution in [-0.2, 0) is 19.1 Å². The fraction of sp³-hybridized carbons (Fsp3) is 0.190. The Hall–Kier alpha value is -2.24. The Bertz CT molecular complexity index is 1050. The van der Waals surface area contributed by atoms with E-state index in [-0.39, 0.29) is 18.4 Å². The molecule has 0 spiro atoms. The average Bonchev–Trinajstić information content (AvgIpc) is 2.63. The highest BCUT2D eigenvalue weighted by Gasteiger charge is 2.30. The lowest BCUT2D eigenvalue weighted by Crippen LogP contribution is -2.18. The fourth-order valence-electron chi connectivity index (χ4n) is 3.03. The van der Waals surface area contributed by atoms with E-state index in [0.29, 0.717) is 32.4 Å². The first-order chi connectivity index (χ1) is 13.2. The molecule has 0 aliphatic rings. The van der Waals surface area contributed by atoms with Crippen LogP contribution in [0, 0.1) is 6.92 Å². The number of nitrogens with zero attached hydrogens (tertiary/aromatic N) is 1. The molecule has 7 heteroatoms. The molecule has 0 unspecified atom stereocenters. The summed E-state index contributed by atoms with van der Waals surface area (Å²) in [5.74, 6) is 0. The molecule has 0 saturated carbocycles. The summed E-state index contributed by atoms with van der Waals surface area (Å²) in [5, 5.41) is 0.916. The molecule has 0 bridgehead atoms. The third kappa shape index (κ3) is 4.42. The van der Waals surface area contributed by atoms with Gasteiger partial charge < -0.3 is 4.57 Å². The Labute approximate surface area is 170 Å². The molecule has 0 aliphatic heterocycles. The fourth-order valence-corrected chi connectivity index (χ4v) is 3.56. The summed E-state index contributed by atoms with van der Waals surface area (Å²) < 4.78 is 40.6. The van der Waals surface area contributed by atoms with E-state index in [4.69, 9.17) is 23.2 Å². The van der Waals surface area contributed by atoms with Crippen molar-refractivity contribution in [3.05, 3.63) is 103 Å². The maximum Gasteiger partial charge on any atom is 0.416 e. The van der Waals surface area contributed by atoms with Crippen molar-refractivity contribution in [1.82, 2.24) is 4.57 Å². The van der Waals surface area contributed by atoms with E-state index in [1.165, 1.54) is 12.1 Å². The van der Waals surface area contributed by atoms with Crippen LogP contribution in [0.25, 0.3) is 0 Å². The molecule has 0 aliphatic carbocycles. The van der Waals surface area contributed by atoms with Gasteiger partial charge in [0, 0.05) is 46.5 Å². The van der Waals surface area contributed by atoms with Gasteiger partial charge in [-0.2, -0.15) is 13.2 Å². The van der Waals surface area contributed by atoms with Gasteiger partial charge in [0.15, 0.2) is 5.43 Å². The molecular formula is C21H16Cl2F3NO. The molecule has 1 heterocycles. The van der Waals surface area contributed by atoms with Gasteiger partial charge in [-0.05, 0) is 42.3 Å². The molecule has 0 atom stereocenters. The van der Waals surface area contributed by atoms with Crippen LogP contribution in [0.5, 0.6) is 0 Å². The molecule has 2 nitrogen and oxygen atoms in total. The SMILES string of the molecule is Cc1c(Cc2c(Cl)cccc2Cl)c(=O)ccn1Cc1cccc(C(F)(F)F)c1. The van der Waals surface area contributed by atoms with Gasteiger partial charge in [0.2, 0.25) is 0 Å². The quantitative estimate of drug-likeness (QED) is 0.493. The van der Waals surface area contributed by atoms with E-state index in [2.05, 4.69) is 0 Å². The third-order valence-electron chi connectivity index (χ3n) is 4.59. The lowest BCUT2D eigenvalue weighted by molar-refractivity contribution is -0.137. The largest absolute Gasteiger partial charge is 0.416 e. The van der Waals surface area contributed by atoms with Gasteiger partial charge in [-0.25, -0.2) is 0 Å². The van der Waals surface area contributed by atoms with E-state index in [1.807, 2.05) is 0 Å². The molecule has 28 heavy (non-hydrogen) atoms. The van der Waals surface area contributed by atoms with Gasteiger partial charge in [0.25, 0.3) is 0 Å². The second-order valence-corrected chi connectivity index (χ2v) is 7.26. The number of alkyl halides is 3. The van der Waals surface area contributed by atoms with Crippen LogP contribution >= 0.6 is 23.2 Å². The third-order valence-corrected chi connectivity index (χ3v) is 5.30. The molecular weight excluding hydrogens is 410 g/mol. The van der Waals surface area contributed by atoms with Crippen molar-refractivity contribution in [3.63, 3.8) is 0 Å². The molecule has 0 N–H and O–H groups in total. The minimum atomic E-state index is -4.40. The van der Waals surface area contributed by atoms with Crippen LogP contribution in [0.1, 0.15) is 27.9 Å². The normalized spacial score (nSPS) is 11.6. The summed E-state index contributed by atoms with van der Waals surface area (Å²) >= 11 is 12.4. The van der Waals surface area contributed by atoms with E-state index in [9.17, 15) is 18.0 Å². The van der Waals surface area contributed by atoms with Gasteiger partial charge in [-0.15, -0.1) is 0 Å². The van der Waals surface area contributed by atoms with Crippen LogP contribution in [0.3, 0.4) is 0 Å². The molecule has 146 valence electrons. The van der Waals surface area contributed by atoms with Crippen molar-refractivity contribution in [3.8, 4) is 0 Å². The topological polar surface area (TPSA) is 22.0 Å². The predicted octanol–water partition coefficient (Wildman–Crippen LogP) is 6.12. The highest BCUT2D eigenvalue weighted by Crippen LogP contribution is 2.30. The van der Waals surface area contributed by atoms with Crippen molar-refractivity contribution in [1.29, 1.82) is 0 Å². The lowest BCUT2D eigenvalue weighted by Gasteiger charge is -2.16. The molecule has 0 amide bonds. The minimum Gasteiger partial charge on any atom is -0.347 e. The number of hydrogen-bond acceptors (Lipinski definition) is 1. The van der Waals surface area contributed by atoms with Gasteiger partial charge in [0.05, 0.1) is 5.56 Å². The summed E-state index contributed by atoms with van der Waals surface area (Å²) in [4.78, 5) is 12.4. The molecule has 0 radical (unpaired) electrons. The first kappa shape index (κ1) is 20.5. The molecule has 3 rings (SSSR count). The zero-order valence-corrected chi connectivity index (χ0v) is 16.4. The van der Waals surface area contributed by atoms with E-state index in [0.717, 1.165) is 12.1 Å². The lowest BCUT2D eigenvalue weighted by atomic mass is 10.0. The maximum absolute atomic E-state index is 12.9. The predicted molar refractivity (Wildman–Crippen MR) is 105 cm³/mol. The molecule has 1 aromatic heterocycles.